The number of carbonyl (C=O) groups is 1. The number of amides is 1. The van der Waals surface area contributed by atoms with Crippen molar-refractivity contribution in [1.29, 1.82) is 0 Å². The van der Waals surface area contributed by atoms with E-state index >= 15 is 0 Å². The van der Waals surface area contributed by atoms with E-state index in [0.29, 0.717) is 0 Å². The molecule has 0 fully saturated rings. The van der Waals surface area contributed by atoms with E-state index < -0.39 is 23.3 Å². The summed E-state index contributed by atoms with van der Waals surface area (Å²) in [6, 6.07) is 10.9. The minimum atomic E-state index is -1.45. The normalized spacial score (nSPS) is 12.3. The Labute approximate surface area is 137 Å². The number of aromatic amines is 1. The van der Waals surface area contributed by atoms with Gasteiger partial charge >= 0.3 is 0 Å². The Kier molecular flexibility index (Phi) is 4.57. The fourth-order valence-corrected chi connectivity index (χ4v) is 2.65. The molecule has 0 aliphatic rings. The van der Waals surface area contributed by atoms with Gasteiger partial charge in [0.15, 0.2) is 0 Å². The Bertz CT molecular complexity index is 856. The number of benzene rings is 2. The van der Waals surface area contributed by atoms with E-state index in [1.54, 1.807) is 6.20 Å². The van der Waals surface area contributed by atoms with Crippen LogP contribution in [-0.2, 0) is 11.2 Å². The average Bonchev–Trinajstić information content (AvgIpc) is 2.96. The van der Waals surface area contributed by atoms with Crippen LogP contribution in [0.4, 0.5) is 8.78 Å². The third kappa shape index (κ3) is 3.28. The van der Waals surface area contributed by atoms with E-state index in [0.717, 1.165) is 28.6 Å². The Hall–Kier alpha value is -2.73. The minimum Gasteiger partial charge on any atom is -0.386 e. The van der Waals surface area contributed by atoms with Crippen molar-refractivity contribution in [3.63, 3.8) is 0 Å². The molecule has 6 heteroatoms. The minimum absolute atomic E-state index is 0.108. The van der Waals surface area contributed by atoms with Crippen molar-refractivity contribution < 1.29 is 18.7 Å². The molecule has 0 radical (unpaired) electrons. The zero-order chi connectivity index (χ0) is 17.1. The van der Waals surface area contributed by atoms with Crippen LogP contribution < -0.4 is 5.32 Å². The topological polar surface area (TPSA) is 65.1 Å². The van der Waals surface area contributed by atoms with E-state index in [1.165, 1.54) is 6.07 Å². The van der Waals surface area contributed by atoms with Crippen molar-refractivity contribution in [2.75, 3.05) is 6.54 Å². The van der Waals surface area contributed by atoms with Crippen molar-refractivity contribution >= 4 is 16.8 Å². The lowest BCUT2D eigenvalue weighted by Crippen LogP contribution is -2.30. The summed E-state index contributed by atoms with van der Waals surface area (Å²) >= 11 is 0. The molecule has 24 heavy (non-hydrogen) atoms. The number of aromatic nitrogens is 1. The molecule has 0 aliphatic heterocycles. The summed E-state index contributed by atoms with van der Waals surface area (Å²) in [5, 5.41) is 13.4. The lowest BCUT2D eigenvalue weighted by Gasteiger charge is -2.13. The van der Waals surface area contributed by atoms with E-state index in [1.807, 2.05) is 24.3 Å². The van der Waals surface area contributed by atoms with Gasteiger partial charge in [-0.25, -0.2) is 8.78 Å². The van der Waals surface area contributed by atoms with E-state index in [9.17, 15) is 18.7 Å². The maximum Gasteiger partial charge on any atom is 0.224 e. The van der Waals surface area contributed by atoms with Gasteiger partial charge in [0.1, 0.15) is 17.7 Å². The summed E-state index contributed by atoms with van der Waals surface area (Å²) in [4.78, 5) is 15.1. The number of H-pyrrole nitrogens is 1. The second-order valence-corrected chi connectivity index (χ2v) is 5.49. The maximum absolute atomic E-state index is 13.6. The molecule has 1 heterocycles. The third-order valence-corrected chi connectivity index (χ3v) is 3.85. The van der Waals surface area contributed by atoms with Crippen molar-refractivity contribution in [1.82, 2.24) is 10.3 Å². The number of fused-ring (bicyclic) bond motifs is 1. The average molecular weight is 330 g/mol. The molecule has 1 aromatic heterocycles. The van der Waals surface area contributed by atoms with Crippen molar-refractivity contribution in [2.24, 2.45) is 0 Å². The van der Waals surface area contributed by atoms with Crippen LogP contribution in [0, 0.1) is 11.6 Å². The number of hydrogen-bond donors (Lipinski definition) is 3. The lowest BCUT2D eigenvalue weighted by molar-refractivity contribution is -0.120. The molecule has 4 nitrogen and oxygen atoms in total. The Morgan fingerprint density at radius 1 is 1.12 bits per heavy atom. The van der Waals surface area contributed by atoms with E-state index in [4.69, 9.17) is 0 Å². The van der Waals surface area contributed by atoms with Crippen LogP contribution in [0.1, 0.15) is 17.2 Å². The quantitative estimate of drug-likeness (QED) is 0.673. The van der Waals surface area contributed by atoms with Crippen LogP contribution in [0.15, 0.2) is 48.7 Å². The van der Waals surface area contributed by atoms with Gasteiger partial charge in [-0.1, -0.05) is 24.3 Å². The zero-order valence-electron chi connectivity index (χ0n) is 12.7. The van der Waals surface area contributed by atoms with Gasteiger partial charge < -0.3 is 15.4 Å². The second-order valence-electron chi connectivity index (χ2n) is 5.49. The number of carbonyl (C=O) groups excluding carboxylic acids is 1. The van der Waals surface area contributed by atoms with E-state index in [-0.39, 0.29) is 18.9 Å². The molecular formula is C18H16F2N2O2. The summed E-state index contributed by atoms with van der Waals surface area (Å²) in [6.07, 6.45) is 0.409. The standard InChI is InChI=1S/C18H16F2N2O2/c19-13-5-3-6-14(20)18(13)16(23)10-22-17(24)8-11-9-21-15-7-2-1-4-12(11)15/h1-7,9,16,21,23H,8,10H2,(H,22,24). The molecular weight excluding hydrogens is 314 g/mol. The molecule has 2 aromatic carbocycles. The van der Waals surface area contributed by atoms with Gasteiger partial charge in [-0.3, -0.25) is 4.79 Å². The number of rotatable bonds is 5. The summed E-state index contributed by atoms with van der Waals surface area (Å²) < 4.78 is 27.2. The van der Waals surface area contributed by atoms with Crippen molar-refractivity contribution in [2.45, 2.75) is 12.5 Å². The number of aliphatic hydroxyl groups excluding tert-OH is 1. The molecule has 124 valence electrons. The summed E-state index contributed by atoms with van der Waals surface area (Å²) in [6.45, 7) is -0.265. The fraction of sp³-hybridized carbons (Fsp3) is 0.167. The van der Waals surface area contributed by atoms with Crippen LogP contribution in [-0.4, -0.2) is 22.5 Å². The molecule has 3 N–H and O–H groups in total. The van der Waals surface area contributed by atoms with Crippen LogP contribution >= 0.6 is 0 Å². The molecule has 3 rings (SSSR count). The smallest absolute Gasteiger partial charge is 0.224 e. The lowest BCUT2D eigenvalue weighted by atomic mass is 10.1. The molecule has 1 unspecified atom stereocenters. The summed E-state index contributed by atoms with van der Waals surface area (Å²) in [5.74, 6) is -2.02. The number of hydrogen-bond acceptors (Lipinski definition) is 2. The Morgan fingerprint density at radius 3 is 2.58 bits per heavy atom. The molecule has 0 saturated carbocycles. The van der Waals surface area contributed by atoms with Crippen molar-refractivity contribution in [3.05, 3.63) is 71.4 Å². The SMILES string of the molecule is O=C(Cc1c[nH]c2ccccc12)NCC(O)c1c(F)cccc1F. The number of para-hydroxylation sites is 1. The predicted molar refractivity (Wildman–Crippen MR) is 86.3 cm³/mol. The maximum atomic E-state index is 13.6. The first-order valence-electron chi connectivity index (χ1n) is 7.50. The highest BCUT2D eigenvalue weighted by Gasteiger charge is 2.18. The molecule has 1 atom stereocenters. The number of halogens is 2. The molecule has 0 saturated heterocycles. The number of nitrogens with one attached hydrogen (secondary N) is 2. The van der Waals surface area contributed by atoms with Gasteiger partial charge in [0.2, 0.25) is 5.91 Å². The first-order valence-corrected chi connectivity index (χ1v) is 7.50. The third-order valence-electron chi connectivity index (χ3n) is 3.85. The fourth-order valence-electron chi connectivity index (χ4n) is 2.65. The Morgan fingerprint density at radius 2 is 1.83 bits per heavy atom. The molecule has 0 spiro atoms. The largest absolute Gasteiger partial charge is 0.386 e. The first-order chi connectivity index (χ1) is 11.6. The van der Waals surface area contributed by atoms with Crippen LogP contribution in [0.25, 0.3) is 10.9 Å². The molecule has 1 amide bonds. The van der Waals surface area contributed by atoms with Crippen LogP contribution in [0.3, 0.4) is 0 Å². The molecule has 0 aliphatic carbocycles. The summed E-state index contributed by atoms with van der Waals surface area (Å²) in [5.41, 5.74) is 1.30. The highest BCUT2D eigenvalue weighted by Crippen LogP contribution is 2.20. The van der Waals surface area contributed by atoms with Crippen molar-refractivity contribution in [3.8, 4) is 0 Å². The highest BCUT2D eigenvalue weighted by molar-refractivity contribution is 5.88. The number of aliphatic hydroxyl groups is 1. The van der Waals surface area contributed by atoms with E-state index in [2.05, 4.69) is 10.3 Å². The van der Waals surface area contributed by atoms with Crippen LogP contribution in [0.2, 0.25) is 0 Å². The molecule has 0 bridgehead atoms. The predicted octanol–water partition coefficient (Wildman–Crippen LogP) is 2.84. The van der Waals surface area contributed by atoms with Crippen LogP contribution in [0.5, 0.6) is 0 Å². The Balaban J connectivity index is 1.63. The van der Waals surface area contributed by atoms with Gasteiger partial charge in [0.05, 0.1) is 12.0 Å². The second kappa shape index (κ2) is 6.80. The van der Waals surface area contributed by atoms with Gasteiger partial charge in [-0.05, 0) is 23.8 Å². The zero-order valence-corrected chi connectivity index (χ0v) is 12.7. The van der Waals surface area contributed by atoms with Gasteiger partial charge in [-0.15, -0.1) is 0 Å². The first kappa shape index (κ1) is 16.1. The monoisotopic (exact) mass is 330 g/mol. The molecule has 3 aromatic rings. The van der Waals surface area contributed by atoms with Gasteiger partial charge in [0, 0.05) is 23.6 Å². The highest BCUT2D eigenvalue weighted by atomic mass is 19.1. The van der Waals surface area contributed by atoms with Gasteiger partial charge in [-0.2, -0.15) is 0 Å². The summed E-state index contributed by atoms with van der Waals surface area (Å²) in [7, 11) is 0. The van der Waals surface area contributed by atoms with Gasteiger partial charge in [0.25, 0.3) is 0 Å².